The van der Waals surface area contributed by atoms with Crippen LogP contribution in [0.25, 0.3) is 0 Å². The van der Waals surface area contributed by atoms with Crippen molar-refractivity contribution in [3.63, 3.8) is 0 Å². The van der Waals surface area contributed by atoms with Crippen molar-refractivity contribution in [2.75, 3.05) is 18.0 Å². The number of hydrogen-bond donors (Lipinski definition) is 2. The normalized spacial score (nSPS) is 21.6. The average molecular weight is 513 g/mol. The number of thiazole rings is 1. The Hall–Kier alpha value is -1.43. The number of amides is 1. The van der Waals surface area contributed by atoms with Gasteiger partial charge in [-0.05, 0) is 56.0 Å². The van der Waals surface area contributed by atoms with E-state index in [2.05, 4.69) is 40.5 Å². The Labute approximate surface area is 190 Å². The summed E-state index contributed by atoms with van der Waals surface area (Å²) in [6, 6.07) is 0.00817. The number of aromatic nitrogens is 3. The first-order chi connectivity index (χ1) is 14.1. The van der Waals surface area contributed by atoms with Gasteiger partial charge in [0.05, 0.1) is 39.2 Å². The highest BCUT2D eigenvalue weighted by molar-refractivity contribution is 9.10. The molecule has 0 bridgehead atoms. The molecule has 2 aliphatic rings. The second-order valence-electron chi connectivity index (χ2n) is 8.85. The highest BCUT2D eigenvalue weighted by Gasteiger charge is 2.50. The van der Waals surface area contributed by atoms with E-state index in [1.165, 1.54) is 4.88 Å². The molecule has 8 nitrogen and oxygen atoms in total. The fourth-order valence-corrected chi connectivity index (χ4v) is 6.50. The molecule has 1 spiro atoms. The molecule has 30 heavy (non-hydrogen) atoms. The summed E-state index contributed by atoms with van der Waals surface area (Å²) in [5.74, 6) is -0.0688. The molecule has 4 rings (SSSR count). The van der Waals surface area contributed by atoms with Crippen LogP contribution in [0.15, 0.2) is 16.3 Å². The van der Waals surface area contributed by atoms with Crippen molar-refractivity contribution >= 4 is 50.0 Å². The molecule has 3 N–H and O–H groups in total. The molecule has 0 saturated carbocycles. The first-order valence-corrected chi connectivity index (χ1v) is 12.6. The predicted molar refractivity (Wildman–Crippen MR) is 122 cm³/mol. The van der Waals surface area contributed by atoms with Gasteiger partial charge in [-0.3, -0.25) is 4.79 Å². The third-order valence-electron chi connectivity index (χ3n) is 5.86. The maximum atomic E-state index is 12.9. The Morgan fingerprint density at radius 1 is 1.37 bits per heavy atom. The SMILES string of the molecule is CC(C)(C)[S@@](=O)N[C@@H]1c2scnc2CC12CCN(c1ncc(Br)nc1C(N)=O)CC2. The molecule has 3 heterocycles. The number of carbonyl (C=O) groups is 1. The fourth-order valence-electron chi connectivity index (χ4n) is 4.21. The third-order valence-corrected chi connectivity index (χ3v) is 8.74. The minimum atomic E-state index is -1.18. The lowest BCUT2D eigenvalue weighted by molar-refractivity contribution is 0.0995. The molecule has 0 unspecified atom stereocenters. The number of anilines is 1. The minimum absolute atomic E-state index is 0.00817. The number of nitrogens with one attached hydrogen (secondary N) is 1. The summed E-state index contributed by atoms with van der Waals surface area (Å²) in [5, 5.41) is 0. The highest BCUT2D eigenvalue weighted by atomic mass is 79.9. The first kappa shape index (κ1) is 21.8. The Balaban J connectivity index is 1.58. The number of fused-ring (bicyclic) bond motifs is 1. The van der Waals surface area contributed by atoms with Crippen LogP contribution in [0.5, 0.6) is 0 Å². The Morgan fingerprint density at radius 3 is 2.70 bits per heavy atom. The minimum Gasteiger partial charge on any atom is -0.364 e. The van der Waals surface area contributed by atoms with Gasteiger partial charge in [0, 0.05) is 23.4 Å². The van der Waals surface area contributed by atoms with Crippen LogP contribution < -0.4 is 15.4 Å². The molecule has 2 atom stereocenters. The smallest absolute Gasteiger partial charge is 0.271 e. The summed E-state index contributed by atoms with van der Waals surface area (Å²) >= 11 is 4.89. The van der Waals surface area contributed by atoms with Crippen LogP contribution in [-0.4, -0.2) is 42.9 Å². The van der Waals surface area contributed by atoms with Crippen molar-refractivity contribution in [3.8, 4) is 0 Å². The maximum absolute atomic E-state index is 12.9. The molecule has 1 amide bonds. The number of halogens is 1. The van der Waals surface area contributed by atoms with Crippen molar-refractivity contribution in [3.05, 3.63) is 32.6 Å². The van der Waals surface area contributed by atoms with Crippen molar-refractivity contribution in [2.45, 2.75) is 50.8 Å². The van der Waals surface area contributed by atoms with Crippen LogP contribution in [0.2, 0.25) is 0 Å². The number of nitrogens with two attached hydrogens (primary N) is 1. The third kappa shape index (κ3) is 3.92. The molecule has 1 aliphatic heterocycles. The molecule has 0 aromatic carbocycles. The monoisotopic (exact) mass is 512 g/mol. The summed E-state index contributed by atoms with van der Waals surface area (Å²) in [6.45, 7) is 7.36. The van der Waals surface area contributed by atoms with Gasteiger partial charge in [0.15, 0.2) is 11.5 Å². The maximum Gasteiger partial charge on any atom is 0.271 e. The zero-order valence-corrected chi connectivity index (χ0v) is 20.4. The molecule has 2 aromatic rings. The van der Waals surface area contributed by atoms with Crippen LogP contribution in [0.1, 0.15) is 60.7 Å². The van der Waals surface area contributed by atoms with Gasteiger partial charge in [0.1, 0.15) is 4.60 Å². The predicted octanol–water partition coefficient (Wildman–Crippen LogP) is 2.73. The molecule has 1 aliphatic carbocycles. The molecular formula is C19H25BrN6O2S2. The highest BCUT2D eigenvalue weighted by Crippen LogP contribution is 2.53. The summed E-state index contributed by atoms with van der Waals surface area (Å²) < 4.78 is 16.5. The molecular weight excluding hydrogens is 488 g/mol. The molecule has 162 valence electrons. The number of primary amides is 1. The first-order valence-electron chi connectivity index (χ1n) is 9.78. The summed E-state index contributed by atoms with van der Waals surface area (Å²) in [4.78, 5) is 28.3. The van der Waals surface area contributed by atoms with Crippen LogP contribution in [0, 0.1) is 5.41 Å². The van der Waals surface area contributed by atoms with Gasteiger partial charge in [0.2, 0.25) is 0 Å². The van der Waals surface area contributed by atoms with E-state index in [4.69, 9.17) is 5.73 Å². The van der Waals surface area contributed by atoms with E-state index in [9.17, 15) is 9.00 Å². The van der Waals surface area contributed by atoms with Gasteiger partial charge in [-0.2, -0.15) is 0 Å². The number of hydrogen-bond acceptors (Lipinski definition) is 7. The number of rotatable bonds is 4. The molecule has 1 fully saturated rings. The van der Waals surface area contributed by atoms with Crippen LogP contribution in [0.4, 0.5) is 5.82 Å². The summed E-state index contributed by atoms with van der Waals surface area (Å²) in [7, 11) is -1.18. The van der Waals surface area contributed by atoms with Gasteiger partial charge >= 0.3 is 0 Å². The van der Waals surface area contributed by atoms with Crippen molar-refractivity contribution in [1.29, 1.82) is 0 Å². The van der Waals surface area contributed by atoms with Crippen molar-refractivity contribution < 1.29 is 9.00 Å². The zero-order valence-electron chi connectivity index (χ0n) is 17.1. The van der Waals surface area contributed by atoms with Crippen LogP contribution in [0.3, 0.4) is 0 Å². The number of piperidine rings is 1. The van der Waals surface area contributed by atoms with E-state index in [0.29, 0.717) is 23.5 Å². The van der Waals surface area contributed by atoms with Gasteiger partial charge in [-0.1, -0.05) is 0 Å². The standard InChI is InChI=1S/C19H25BrN6O2S2/c1-18(2,3)30(28)25-15-14-11(23-10-29-14)8-19(15)4-6-26(7-5-19)17-13(16(21)27)24-12(20)9-22-17/h9-10,15,25H,4-8H2,1-3H3,(H2,21,27)/t15-,30-/m1/s1. The van der Waals surface area contributed by atoms with E-state index in [1.54, 1.807) is 17.5 Å². The number of carbonyl (C=O) groups excluding carboxylic acids is 1. The van der Waals surface area contributed by atoms with Gasteiger partial charge < -0.3 is 10.6 Å². The molecule has 2 aromatic heterocycles. The van der Waals surface area contributed by atoms with E-state index in [0.717, 1.165) is 25.0 Å². The Kier molecular flexibility index (Phi) is 5.75. The lowest BCUT2D eigenvalue weighted by atomic mass is 9.74. The van der Waals surface area contributed by atoms with E-state index >= 15 is 0 Å². The van der Waals surface area contributed by atoms with Gasteiger partial charge in [0.25, 0.3) is 5.91 Å². The topological polar surface area (TPSA) is 114 Å². The zero-order chi connectivity index (χ0) is 21.7. The lowest BCUT2D eigenvalue weighted by Crippen LogP contribution is -2.48. The second kappa shape index (κ2) is 7.92. The Morgan fingerprint density at radius 2 is 2.07 bits per heavy atom. The van der Waals surface area contributed by atoms with Gasteiger partial charge in [-0.15, -0.1) is 11.3 Å². The molecule has 11 heteroatoms. The van der Waals surface area contributed by atoms with Crippen molar-refractivity contribution in [1.82, 2.24) is 19.7 Å². The molecule has 0 radical (unpaired) electrons. The largest absolute Gasteiger partial charge is 0.364 e. The van der Waals surface area contributed by atoms with E-state index in [1.807, 2.05) is 26.3 Å². The van der Waals surface area contributed by atoms with E-state index in [-0.39, 0.29) is 21.9 Å². The lowest BCUT2D eigenvalue weighted by Gasteiger charge is -2.44. The quantitative estimate of drug-likeness (QED) is 0.650. The van der Waals surface area contributed by atoms with Crippen molar-refractivity contribution in [2.24, 2.45) is 11.1 Å². The average Bonchev–Trinajstić information content (AvgIpc) is 3.22. The van der Waals surface area contributed by atoms with Crippen LogP contribution >= 0.6 is 27.3 Å². The number of nitrogens with zero attached hydrogens (tertiary/aromatic N) is 4. The Bertz CT molecular complexity index is 997. The van der Waals surface area contributed by atoms with Crippen LogP contribution in [-0.2, 0) is 17.4 Å². The summed E-state index contributed by atoms with van der Waals surface area (Å²) in [6.07, 6.45) is 4.18. The second-order valence-corrected chi connectivity index (χ2v) is 12.5. The summed E-state index contributed by atoms with van der Waals surface area (Å²) in [5.41, 5.74) is 8.63. The fraction of sp³-hybridized carbons (Fsp3) is 0.579. The molecule has 1 saturated heterocycles. The van der Waals surface area contributed by atoms with Gasteiger partial charge in [-0.25, -0.2) is 23.9 Å². The van der Waals surface area contributed by atoms with E-state index < -0.39 is 16.9 Å².